The Morgan fingerprint density at radius 3 is 2.50 bits per heavy atom. The standard InChI is InChI=1S/C11H9ClF3NO3S/c12-7-3-1-2-6(11(13,14)15)10(7)16-8(17)4-20-5-9(18)19/h1-3H,4-5H2,(H,16,17)(H,18,19). The molecular formula is C11H9ClF3NO3S. The zero-order valence-electron chi connectivity index (χ0n) is 9.83. The van der Waals surface area contributed by atoms with Gasteiger partial charge in [0.15, 0.2) is 0 Å². The number of rotatable bonds is 5. The third-order valence-corrected chi connectivity index (χ3v) is 3.27. The van der Waals surface area contributed by atoms with E-state index >= 15 is 0 Å². The number of carbonyl (C=O) groups is 2. The highest BCUT2D eigenvalue weighted by Crippen LogP contribution is 2.38. The topological polar surface area (TPSA) is 66.4 Å². The van der Waals surface area contributed by atoms with E-state index < -0.39 is 29.3 Å². The second kappa shape index (κ2) is 6.85. The summed E-state index contributed by atoms with van der Waals surface area (Å²) < 4.78 is 38.2. The van der Waals surface area contributed by atoms with E-state index in [1.165, 1.54) is 6.07 Å². The molecule has 0 aromatic heterocycles. The maximum absolute atomic E-state index is 12.7. The van der Waals surface area contributed by atoms with Crippen LogP contribution in [0.15, 0.2) is 18.2 Å². The first-order valence-corrected chi connectivity index (χ1v) is 6.70. The summed E-state index contributed by atoms with van der Waals surface area (Å²) >= 11 is 6.42. The monoisotopic (exact) mass is 327 g/mol. The van der Waals surface area contributed by atoms with E-state index in [2.05, 4.69) is 5.32 Å². The average Bonchev–Trinajstić information content (AvgIpc) is 2.29. The summed E-state index contributed by atoms with van der Waals surface area (Å²) in [7, 11) is 0. The lowest BCUT2D eigenvalue weighted by molar-refractivity contribution is -0.137. The Kier molecular flexibility index (Phi) is 5.70. The number of halogens is 4. The number of carboxylic acid groups (broad SMARTS) is 1. The highest BCUT2D eigenvalue weighted by Gasteiger charge is 2.34. The number of para-hydroxylation sites is 1. The van der Waals surface area contributed by atoms with E-state index in [9.17, 15) is 22.8 Å². The van der Waals surface area contributed by atoms with Crippen LogP contribution in [0.1, 0.15) is 5.56 Å². The number of carbonyl (C=O) groups excluding carboxylic acids is 1. The van der Waals surface area contributed by atoms with Gasteiger partial charge in [0.1, 0.15) is 0 Å². The molecule has 0 spiro atoms. The normalized spacial score (nSPS) is 11.2. The zero-order valence-corrected chi connectivity index (χ0v) is 11.4. The lowest BCUT2D eigenvalue weighted by Crippen LogP contribution is -2.19. The average molecular weight is 328 g/mol. The lowest BCUT2D eigenvalue weighted by atomic mass is 10.1. The highest BCUT2D eigenvalue weighted by atomic mass is 35.5. The molecule has 1 amide bonds. The molecule has 2 N–H and O–H groups in total. The van der Waals surface area contributed by atoms with Crippen LogP contribution in [0, 0.1) is 0 Å². The van der Waals surface area contributed by atoms with Gasteiger partial charge in [-0.25, -0.2) is 0 Å². The molecule has 0 atom stereocenters. The molecule has 0 aliphatic heterocycles. The van der Waals surface area contributed by atoms with Crippen LogP contribution in [0.4, 0.5) is 18.9 Å². The summed E-state index contributed by atoms with van der Waals surface area (Å²) in [5.74, 6) is -2.47. The molecular weight excluding hydrogens is 319 g/mol. The van der Waals surface area contributed by atoms with E-state index in [1.54, 1.807) is 0 Å². The molecule has 0 heterocycles. The minimum absolute atomic E-state index is 0.239. The van der Waals surface area contributed by atoms with Crippen LogP contribution in [-0.2, 0) is 15.8 Å². The van der Waals surface area contributed by atoms with E-state index in [4.69, 9.17) is 16.7 Å². The first kappa shape index (κ1) is 16.6. The van der Waals surface area contributed by atoms with Gasteiger partial charge in [0.25, 0.3) is 0 Å². The van der Waals surface area contributed by atoms with Gasteiger partial charge in [0.2, 0.25) is 5.91 Å². The molecule has 0 saturated heterocycles. The summed E-state index contributed by atoms with van der Waals surface area (Å²) in [6.07, 6.45) is -4.65. The summed E-state index contributed by atoms with van der Waals surface area (Å²) in [4.78, 5) is 21.7. The van der Waals surface area contributed by atoms with Crippen molar-refractivity contribution in [3.63, 3.8) is 0 Å². The van der Waals surface area contributed by atoms with Crippen molar-refractivity contribution in [2.24, 2.45) is 0 Å². The number of nitrogens with one attached hydrogen (secondary N) is 1. The molecule has 110 valence electrons. The number of hydrogen-bond donors (Lipinski definition) is 2. The van der Waals surface area contributed by atoms with Crippen LogP contribution >= 0.6 is 23.4 Å². The predicted octanol–water partition coefficient (Wildman–Crippen LogP) is 3.12. The fourth-order valence-electron chi connectivity index (χ4n) is 1.29. The van der Waals surface area contributed by atoms with Gasteiger partial charge in [0.05, 0.1) is 27.8 Å². The highest BCUT2D eigenvalue weighted by molar-refractivity contribution is 8.00. The van der Waals surface area contributed by atoms with Gasteiger partial charge in [-0.05, 0) is 12.1 Å². The third-order valence-electron chi connectivity index (χ3n) is 2.04. The van der Waals surface area contributed by atoms with Crippen LogP contribution in [0.3, 0.4) is 0 Å². The van der Waals surface area contributed by atoms with Gasteiger partial charge in [0, 0.05) is 0 Å². The van der Waals surface area contributed by atoms with Crippen molar-refractivity contribution < 1.29 is 27.9 Å². The van der Waals surface area contributed by atoms with E-state index in [-0.39, 0.29) is 16.5 Å². The van der Waals surface area contributed by atoms with Crippen molar-refractivity contribution in [1.82, 2.24) is 0 Å². The summed E-state index contributed by atoms with van der Waals surface area (Å²) in [5.41, 5.74) is -1.58. The van der Waals surface area contributed by atoms with Crippen molar-refractivity contribution in [1.29, 1.82) is 0 Å². The zero-order chi connectivity index (χ0) is 15.3. The smallest absolute Gasteiger partial charge is 0.418 e. The maximum Gasteiger partial charge on any atom is 0.418 e. The number of alkyl halides is 3. The second-order valence-electron chi connectivity index (χ2n) is 3.59. The fourth-order valence-corrected chi connectivity index (χ4v) is 2.05. The fraction of sp³-hybridized carbons (Fsp3) is 0.273. The largest absolute Gasteiger partial charge is 0.481 e. The van der Waals surface area contributed by atoms with Gasteiger partial charge < -0.3 is 10.4 Å². The Labute approximate surface area is 121 Å². The van der Waals surface area contributed by atoms with Gasteiger partial charge in [-0.1, -0.05) is 17.7 Å². The predicted molar refractivity (Wildman–Crippen MR) is 70.0 cm³/mol. The van der Waals surface area contributed by atoms with Crippen LogP contribution < -0.4 is 5.32 Å². The van der Waals surface area contributed by atoms with E-state index in [0.717, 1.165) is 23.9 Å². The van der Waals surface area contributed by atoms with Gasteiger partial charge in [-0.3, -0.25) is 9.59 Å². The van der Waals surface area contributed by atoms with Crippen molar-refractivity contribution in [2.45, 2.75) is 6.18 Å². The molecule has 0 unspecified atom stereocenters. The van der Waals surface area contributed by atoms with Crippen molar-refractivity contribution in [2.75, 3.05) is 16.8 Å². The number of hydrogen-bond acceptors (Lipinski definition) is 3. The maximum atomic E-state index is 12.7. The molecule has 0 aliphatic rings. The van der Waals surface area contributed by atoms with E-state index in [1.807, 2.05) is 0 Å². The molecule has 20 heavy (non-hydrogen) atoms. The van der Waals surface area contributed by atoms with Gasteiger partial charge >= 0.3 is 12.1 Å². The van der Waals surface area contributed by atoms with Crippen LogP contribution in [0.5, 0.6) is 0 Å². The van der Waals surface area contributed by atoms with Crippen LogP contribution in [-0.4, -0.2) is 28.5 Å². The Hall–Kier alpha value is -1.41. The van der Waals surface area contributed by atoms with Crippen molar-refractivity contribution in [3.05, 3.63) is 28.8 Å². The van der Waals surface area contributed by atoms with Gasteiger partial charge in [-0.15, -0.1) is 11.8 Å². The van der Waals surface area contributed by atoms with Gasteiger partial charge in [-0.2, -0.15) is 13.2 Å². The molecule has 1 rings (SSSR count). The Morgan fingerprint density at radius 1 is 1.30 bits per heavy atom. The molecule has 0 radical (unpaired) electrons. The Morgan fingerprint density at radius 2 is 1.95 bits per heavy atom. The quantitative estimate of drug-likeness (QED) is 0.872. The summed E-state index contributed by atoms with van der Waals surface area (Å²) in [6.45, 7) is 0. The first-order chi connectivity index (χ1) is 9.21. The molecule has 1 aromatic rings. The molecule has 1 aromatic carbocycles. The number of benzene rings is 1. The first-order valence-electron chi connectivity index (χ1n) is 5.17. The number of amides is 1. The minimum Gasteiger partial charge on any atom is -0.481 e. The molecule has 4 nitrogen and oxygen atoms in total. The molecule has 9 heteroatoms. The third kappa shape index (κ3) is 4.93. The number of anilines is 1. The second-order valence-corrected chi connectivity index (χ2v) is 4.99. The lowest BCUT2D eigenvalue weighted by Gasteiger charge is -2.14. The molecule has 0 fully saturated rings. The molecule has 0 aliphatic carbocycles. The van der Waals surface area contributed by atoms with Crippen molar-refractivity contribution >= 4 is 40.9 Å². The summed E-state index contributed by atoms with van der Waals surface area (Å²) in [6, 6.07) is 3.14. The number of aliphatic carboxylic acids is 1. The Balaban J connectivity index is 2.81. The van der Waals surface area contributed by atoms with Crippen LogP contribution in [0.25, 0.3) is 0 Å². The van der Waals surface area contributed by atoms with Crippen LogP contribution in [0.2, 0.25) is 5.02 Å². The number of thioether (sulfide) groups is 1. The summed E-state index contributed by atoms with van der Waals surface area (Å²) in [5, 5.41) is 10.2. The SMILES string of the molecule is O=C(O)CSCC(=O)Nc1c(Cl)cccc1C(F)(F)F. The Bertz CT molecular complexity index is 522. The van der Waals surface area contributed by atoms with Crippen molar-refractivity contribution in [3.8, 4) is 0 Å². The van der Waals surface area contributed by atoms with E-state index in [0.29, 0.717) is 0 Å². The minimum atomic E-state index is -4.65. The number of carboxylic acids is 1. The molecule has 0 saturated carbocycles. The molecule has 0 bridgehead atoms.